The maximum Gasteiger partial charge on any atom is 0.255 e. The first-order valence-electron chi connectivity index (χ1n) is 10.2. The third-order valence-electron chi connectivity index (χ3n) is 5.42. The van der Waals surface area contributed by atoms with Gasteiger partial charge in [-0.3, -0.25) is 9.69 Å². The fourth-order valence-electron chi connectivity index (χ4n) is 3.85. The Bertz CT molecular complexity index is 779. The van der Waals surface area contributed by atoms with Crippen molar-refractivity contribution in [1.29, 1.82) is 0 Å². The summed E-state index contributed by atoms with van der Waals surface area (Å²) in [5.41, 5.74) is 2.61. The summed E-state index contributed by atoms with van der Waals surface area (Å²) in [6.07, 6.45) is 5.13. The van der Waals surface area contributed by atoms with Crippen molar-refractivity contribution in [2.45, 2.75) is 38.3 Å². The fraction of sp³-hybridized carbons (Fsp3) is 0.435. The number of morpholine rings is 1. The fourth-order valence-corrected chi connectivity index (χ4v) is 3.85. The molecule has 1 saturated heterocycles. The van der Waals surface area contributed by atoms with E-state index >= 15 is 0 Å². The van der Waals surface area contributed by atoms with Gasteiger partial charge in [0.1, 0.15) is 5.75 Å². The van der Waals surface area contributed by atoms with Crippen molar-refractivity contribution in [2.24, 2.45) is 0 Å². The molecule has 5 heteroatoms. The summed E-state index contributed by atoms with van der Waals surface area (Å²) >= 11 is 0. The lowest BCUT2D eigenvalue weighted by atomic mass is 10.1. The van der Waals surface area contributed by atoms with Gasteiger partial charge in [-0.2, -0.15) is 0 Å². The topological polar surface area (TPSA) is 50.8 Å². The van der Waals surface area contributed by atoms with Crippen LogP contribution in [0, 0.1) is 0 Å². The van der Waals surface area contributed by atoms with Crippen molar-refractivity contribution in [3.8, 4) is 5.75 Å². The van der Waals surface area contributed by atoms with Crippen LogP contribution < -0.4 is 10.1 Å². The third-order valence-corrected chi connectivity index (χ3v) is 5.42. The molecule has 148 valence electrons. The number of nitrogens with zero attached hydrogens (tertiary/aromatic N) is 1. The lowest BCUT2D eigenvalue weighted by Gasteiger charge is -2.26. The molecule has 0 unspecified atom stereocenters. The van der Waals surface area contributed by atoms with Crippen molar-refractivity contribution in [3.05, 3.63) is 59.7 Å². The number of carbonyl (C=O) groups excluding carboxylic acids is 1. The molecular formula is C23H28N2O3. The maximum absolute atomic E-state index is 12.6. The highest BCUT2D eigenvalue weighted by Gasteiger charge is 2.16. The van der Waals surface area contributed by atoms with Crippen LogP contribution in [0.1, 0.15) is 41.6 Å². The predicted molar refractivity (Wildman–Crippen MR) is 110 cm³/mol. The summed E-state index contributed by atoms with van der Waals surface area (Å²) in [5.74, 6) is 0.783. The minimum atomic E-state index is -0.0895. The van der Waals surface area contributed by atoms with E-state index in [9.17, 15) is 4.79 Å². The smallest absolute Gasteiger partial charge is 0.255 e. The number of nitrogens with one attached hydrogen (secondary N) is 1. The number of ether oxygens (including phenoxy) is 2. The maximum atomic E-state index is 12.6. The van der Waals surface area contributed by atoms with Crippen molar-refractivity contribution >= 4 is 11.6 Å². The highest BCUT2D eigenvalue weighted by molar-refractivity contribution is 6.04. The lowest BCUT2D eigenvalue weighted by molar-refractivity contribution is 0.0342. The first kappa shape index (κ1) is 19.0. The van der Waals surface area contributed by atoms with E-state index in [0.717, 1.165) is 62.7 Å². The van der Waals surface area contributed by atoms with Crippen LogP contribution in [0.2, 0.25) is 0 Å². The van der Waals surface area contributed by atoms with Gasteiger partial charge in [0, 0.05) is 30.9 Å². The van der Waals surface area contributed by atoms with E-state index in [2.05, 4.69) is 16.3 Å². The number of hydrogen-bond acceptors (Lipinski definition) is 4. The Morgan fingerprint density at radius 3 is 2.57 bits per heavy atom. The van der Waals surface area contributed by atoms with Crippen LogP contribution >= 0.6 is 0 Å². The highest BCUT2D eigenvalue weighted by atomic mass is 16.5. The second-order valence-electron chi connectivity index (χ2n) is 7.59. The first-order chi connectivity index (χ1) is 13.8. The second kappa shape index (κ2) is 9.22. The third kappa shape index (κ3) is 5.12. The molecule has 1 aliphatic heterocycles. The number of benzene rings is 2. The zero-order valence-corrected chi connectivity index (χ0v) is 16.2. The van der Waals surface area contributed by atoms with E-state index in [1.807, 2.05) is 42.5 Å². The molecule has 1 saturated carbocycles. The molecular weight excluding hydrogens is 352 g/mol. The van der Waals surface area contributed by atoms with Crippen molar-refractivity contribution in [3.63, 3.8) is 0 Å². The Labute approximate surface area is 166 Å². The van der Waals surface area contributed by atoms with E-state index in [-0.39, 0.29) is 5.91 Å². The average molecular weight is 380 g/mol. The van der Waals surface area contributed by atoms with Crippen molar-refractivity contribution in [2.75, 3.05) is 31.6 Å². The molecule has 28 heavy (non-hydrogen) atoms. The van der Waals surface area contributed by atoms with Gasteiger partial charge < -0.3 is 14.8 Å². The van der Waals surface area contributed by atoms with Crippen LogP contribution in [0.25, 0.3) is 0 Å². The lowest BCUT2D eigenvalue weighted by Crippen LogP contribution is -2.35. The van der Waals surface area contributed by atoms with Gasteiger partial charge >= 0.3 is 0 Å². The SMILES string of the molecule is O=C(Nc1ccc(OC2CCCC2)cc1)c1cccc(CN2CCOCC2)c1. The summed E-state index contributed by atoms with van der Waals surface area (Å²) in [6.45, 7) is 4.27. The van der Waals surface area contributed by atoms with E-state index in [0.29, 0.717) is 11.7 Å². The molecule has 2 fully saturated rings. The monoisotopic (exact) mass is 380 g/mol. The number of amides is 1. The molecule has 0 radical (unpaired) electrons. The van der Waals surface area contributed by atoms with Gasteiger partial charge in [0.15, 0.2) is 0 Å². The minimum absolute atomic E-state index is 0.0895. The van der Waals surface area contributed by atoms with Gasteiger partial charge in [-0.05, 0) is 67.6 Å². The largest absolute Gasteiger partial charge is 0.490 e. The molecule has 2 aliphatic rings. The predicted octanol–water partition coefficient (Wildman–Crippen LogP) is 4.09. The van der Waals surface area contributed by atoms with E-state index in [4.69, 9.17) is 9.47 Å². The molecule has 4 rings (SSSR count). The standard InChI is InChI=1S/C23H28N2O3/c26-23(19-5-3-4-18(16-19)17-25-12-14-27-15-13-25)24-20-8-10-22(11-9-20)28-21-6-1-2-7-21/h3-5,8-11,16,21H,1-2,6-7,12-15,17H2,(H,24,26). The average Bonchev–Trinajstić information content (AvgIpc) is 3.23. The molecule has 1 N–H and O–H groups in total. The Morgan fingerprint density at radius 2 is 1.82 bits per heavy atom. The number of carbonyl (C=O) groups is 1. The highest BCUT2D eigenvalue weighted by Crippen LogP contribution is 2.25. The van der Waals surface area contributed by atoms with Gasteiger partial charge in [-0.15, -0.1) is 0 Å². The zero-order chi connectivity index (χ0) is 19.2. The van der Waals surface area contributed by atoms with Crippen LogP contribution in [0.15, 0.2) is 48.5 Å². The van der Waals surface area contributed by atoms with Crippen LogP contribution in [-0.4, -0.2) is 43.2 Å². The van der Waals surface area contributed by atoms with E-state index < -0.39 is 0 Å². The van der Waals surface area contributed by atoms with Gasteiger partial charge in [-0.25, -0.2) is 0 Å². The van der Waals surface area contributed by atoms with Gasteiger partial charge in [0.05, 0.1) is 19.3 Å². The Hall–Kier alpha value is -2.37. The Kier molecular flexibility index (Phi) is 6.24. The molecule has 1 amide bonds. The Balaban J connectivity index is 1.34. The summed E-state index contributed by atoms with van der Waals surface area (Å²) in [5, 5.41) is 2.98. The molecule has 0 spiro atoms. The van der Waals surface area contributed by atoms with Crippen molar-refractivity contribution < 1.29 is 14.3 Å². The summed E-state index contributed by atoms with van der Waals surface area (Å²) in [6, 6.07) is 15.5. The van der Waals surface area contributed by atoms with Crippen LogP contribution in [-0.2, 0) is 11.3 Å². The van der Waals surface area contributed by atoms with Crippen LogP contribution in [0.4, 0.5) is 5.69 Å². The van der Waals surface area contributed by atoms with Crippen LogP contribution in [0.5, 0.6) is 5.75 Å². The number of anilines is 1. The molecule has 0 aromatic heterocycles. The van der Waals surface area contributed by atoms with E-state index in [1.54, 1.807) is 0 Å². The zero-order valence-electron chi connectivity index (χ0n) is 16.2. The number of hydrogen-bond donors (Lipinski definition) is 1. The second-order valence-corrected chi connectivity index (χ2v) is 7.59. The summed E-state index contributed by atoms with van der Waals surface area (Å²) < 4.78 is 11.4. The molecule has 0 atom stereocenters. The molecule has 2 aromatic carbocycles. The quantitative estimate of drug-likeness (QED) is 0.820. The van der Waals surface area contributed by atoms with Crippen LogP contribution in [0.3, 0.4) is 0 Å². The molecule has 5 nitrogen and oxygen atoms in total. The Morgan fingerprint density at radius 1 is 1.07 bits per heavy atom. The van der Waals surface area contributed by atoms with Gasteiger partial charge in [-0.1, -0.05) is 12.1 Å². The normalized spacial score (nSPS) is 18.1. The molecule has 1 aliphatic carbocycles. The molecule has 2 aromatic rings. The number of rotatable bonds is 6. The molecule has 0 bridgehead atoms. The van der Waals surface area contributed by atoms with Gasteiger partial charge in [0.25, 0.3) is 5.91 Å². The summed E-state index contributed by atoms with van der Waals surface area (Å²) in [7, 11) is 0. The minimum Gasteiger partial charge on any atom is -0.490 e. The summed E-state index contributed by atoms with van der Waals surface area (Å²) in [4.78, 5) is 15.0. The molecule has 1 heterocycles. The van der Waals surface area contributed by atoms with Crippen molar-refractivity contribution in [1.82, 2.24) is 4.90 Å². The van der Waals surface area contributed by atoms with E-state index in [1.165, 1.54) is 12.8 Å². The first-order valence-corrected chi connectivity index (χ1v) is 10.2. The van der Waals surface area contributed by atoms with Gasteiger partial charge in [0.2, 0.25) is 0 Å².